The number of carbonyl (C=O) groups excluding carboxylic acids is 1. The summed E-state index contributed by atoms with van der Waals surface area (Å²) in [6.07, 6.45) is 2.00. The summed E-state index contributed by atoms with van der Waals surface area (Å²) < 4.78 is 0. The highest BCUT2D eigenvalue weighted by Gasteiger charge is 2.25. The minimum atomic E-state index is -0.612. The Labute approximate surface area is 115 Å². The lowest BCUT2D eigenvalue weighted by Crippen LogP contribution is -2.38. The first-order valence-corrected chi connectivity index (χ1v) is 6.26. The fourth-order valence-corrected chi connectivity index (χ4v) is 1.74. The average molecular weight is 274 g/mol. The quantitative estimate of drug-likeness (QED) is 0.625. The van der Waals surface area contributed by atoms with Gasteiger partial charge in [0.15, 0.2) is 0 Å². The van der Waals surface area contributed by atoms with Crippen molar-refractivity contribution < 1.29 is 9.72 Å². The third kappa shape index (κ3) is 3.23. The van der Waals surface area contributed by atoms with Crippen molar-refractivity contribution in [2.45, 2.75) is 31.8 Å². The first-order valence-electron chi connectivity index (χ1n) is 6.26. The minimum Gasteiger partial charge on any atom is -0.374 e. The van der Waals surface area contributed by atoms with E-state index in [1.807, 2.05) is 0 Å². The molecule has 0 heterocycles. The Kier molecular flexibility index (Phi) is 3.84. The second kappa shape index (κ2) is 5.57. The third-order valence-corrected chi connectivity index (χ3v) is 3.02. The standard InChI is InChI=1S/C13H14N4O3/c1-8(13(18)16-10-4-5-10)15-11-3-2-9(7-14)12(6-11)17(19)20/h2-3,6,8,10,15H,4-5H2,1H3,(H,16,18). The van der Waals surface area contributed by atoms with E-state index < -0.39 is 11.0 Å². The fraction of sp³-hybridized carbons (Fsp3) is 0.385. The van der Waals surface area contributed by atoms with Crippen LogP contribution in [0.1, 0.15) is 25.3 Å². The fourth-order valence-electron chi connectivity index (χ4n) is 1.74. The molecule has 1 saturated carbocycles. The number of hydrogen-bond donors (Lipinski definition) is 2. The van der Waals surface area contributed by atoms with Crippen molar-refractivity contribution in [3.8, 4) is 6.07 Å². The van der Waals surface area contributed by atoms with Crippen LogP contribution < -0.4 is 10.6 Å². The molecule has 1 atom stereocenters. The van der Waals surface area contributed by atoms with Crippen LogP contribution >= 0.6 is 0 Å². The minimum absolute atomic E-state index is 0.00404. The summed E-state index contributed by atoms with van der Waals surface area (Å²) >= 11 is 0. The van der Waals surface area contributed by atoms with Crippen LogP contribution in [-0.4, -0.2) is 22.9 Å². The zero-order valence-corrected chi connectivity index (χ0v) is 10.9. The van der Waals surface area contributed by atoms with E-state index in [-0.39, 0.29) is 23.2 Å². The molecular formula is C13H14N4O3. The van der Waals surface area contributed by atoms with Crippen LogP contribution in [0.4, 0.5) is 11.4 Å². The number of nitrogens with one attached hydrogen (secondary N) is 2. The van der Waals surface area contributed by atoms with Gasteiger partial charge in [0.1, 0.15) is 17.7 Å². The summed E-state index contributed by atoms with van der Waals surface area (Å²) in [7, 11) is 0. The molecule has 1 aromatic rings. The highest BCUT2D eigenvalue weighted by atomic mass is 16.6. The molecule has 1 aliphatic carbocycles. The Morgan fingerprint density at radius 1 is 1.55 bits per heavy atom. The predicted octanol–water partition coefficient (Wildman–Crippen LogP) is 1.55. The maximum Gasteiger partial charge on any atom is 0.289 e. The SMILES string of the molecule is CC(Nc1ccc(C#N)c([N+](=O)[O-])c1)C(=O)NC1CC1. The van der Waals surface area contributed by atoms with Crippen molar-refractivity contribution in [3.63, 3.8) is 0 Å². The average Bonchev–Trinajstić information content (AvgIpc) is 3.22. The molecule has 1 amide bonds. The molecule has 20 heavy (non-hydrogen) atoms. The van der Waals surface area contributed by atoms with Gasteiger partial charge >= 0.3 is 0 Å². The Balaban J connectivity index is 2.08. The zero-order valence-electron chi connectivity index (χ0n) is 10.9. The molecule has 2 rings (SSSR count). The summed E-state index contributed by atoms with van der Waals surface area (Å²) in [6, 6.07) is 5.71. The topological polar surface area (TPSA) is 108 Å². The van der Waals surface area contributed by atoms with Gasteiger partial charge in [0, 0.05) is 17.8 Å². The van der Waals surface area contributed by atoms with Gasteiger partial charge in [-0.3, -0.25) is 14.9 Å². The summed E-state index contributed by atoms with van der Waals surface area (Å²) in [5.41, 5.74) is 0.164. The Hall–Kier alpha value is -2.62. The number of carbonyl (C=O) groups is 1. The molecule has 1 fully saturated rings. The summed E-state index contributed by atoms with van der Waals surface area (Å²) in [5.74, 6) is -0.139. The van der Waals surface area contributed by atoms with Crippen molar-refractivity contribution in [1.29, 1.82) is 5.26 Å². The molecule has 7 nitrogen and oxygen atoms in total. The van der Waals surface area contributed by atoms with Gasteiger partial charge in [0.25, 0.3) is 5.69 Å². The van der Waals surface area contributed by atoms with Gasteiger partial charge in [0.05, 0.1) is 4.92 Å². The summed E-state index contributed by atoms with van der Waals surface area (Å²) in [6.45, 7) is 1.68. The molecule has 1 aromatic carbocycles. The van der Waals surface area contributed by atoms with E-state index in [0.29, 0.717) is 5.69 Å². The van der Waals surface area contributed by atoms with Crippen LogP contribution in [0.5, 0.6) is 0 Å². The lowest BCUT2D eigenvalue weighted by molar-refractivity contribution is -0.385. The third-order valence-electron chi connectivity index (χ3n) is 3.02. The van der Waals surface area contributed by atoms with E-state index in [2.05, 4.69) is 10.6 Å². The Bertz CT molecular complexity index is 590. The van der Waals surface area contributed by atoms with Crippen LogP contribution in [0.25, 0.3) is 0 Å². The number of nitriles is 1. The van der Waals surface area contributed by atoms with Gasteiger partial charge in [-0.1, -0.05) is 0 Å². The zero-order chi connectivity index (χ0) is 14.7. The number of nitro groups is 1. The Morgan fingerprint density at radius 2 is 2.25 bits per heavy atom. The van der Waals surface area contributed by atoms with E-state index in [1.54, 1.807) is 19.1 Å². The van der Waals surface area contributed by atoms with Gasteiger partial charge in [-0.15, -0.1) is 0 Å². The van der Waals surface area contributed by atoms with Crippen molar-refractivity contribution in [2.75, 3.05) is 5.32 Å². The molecule has 0 aromatic heterocycles. The molecule has 1 aliphatic rings. The normalized spacial score (nSPS) is 15.0. The van der Waals surface area contributed by atoms with E-state index in [0.717, 1.165) is 12.8 Å². The second-order valence-corrected chi connectivity index (χ2v) is 4.75. The lowest BCUT2D eigenvalue weighted by atomic mass is 10.1. The summed E-state index contributed by atoms with van der Waals surface area (Å²) in [4.78, 5) is 22.0. The van der Waals surface area contributed by atoms with Crippen molar-refractivity contribution >= 4 is 17.3 Å². The largest absolute Gasteiger partial charge is 0.374 e. The van der Waals surface area contributed by atoms with Crippen molar-refractivity contribution in [3.05, 3.63) is 33.9 Å². The molecule has 2 N–H and O–H groups in total. The maximum absolute atomic E-state index is 11.8. The highest BCUT2D eigenvalue weighted by molar-refractivity contribution is 5.84. The predicted molar refractivity (Wildman–Crippen MR) is 72.1 cm³/mol. The monoisotopic (exact) mass is 274 g/mol. The van der Waals surface area contributed by atoms with Crippen LogP contribution in [0, 0.1) is 21.4 Å². The van der Waals surface area contributed by atoms with E-state index in [1.165, 1.54) is 12.1 Å². The molecule has 0 bridgehead atoms. The lowest BCUT2D eigenvalue weighted by Gasteiger charge is -2.15. The van der Waals surface area contributed by atoms with Gasteiger partial charge in [-0.05, 0) is 31.9 Å². The van der Waals surface area contributed by atoms with Crippen molar-refractivity contribution in [2.24, 2.45) is 0 Å². The van der Waals surface area contributed by atoms with Crippen LogP contribution in [0.15, 0.2) is 18.2 Å². The summed E-state index contributed by atoms with van der Waals surface area (Å²) in [5, 5.41) is 25.4. The molecule has 0 spiro atoms. The van der Waals surface area contributed by atoms with Gasteiger partial charge in [-0.25, -0.2) is 0 Å². The molecule has 0 aliphatic heterocycles. The highest BCUT2D eigenvalue weighted by Crippen LogP contribution is 2.23. The Morgan fingerprint density at radius 3 is 2.80 bits per heavy atom. The molecular weight excluding hydrogens is 260 g/mol. The number of anilines is 1. The van der Waals surface area contributed by atoms with Crippen LogP contribution in [-0.2, 0) is 4.79 Å². The van der Waals surface area contributed by atoms with Crippen LogP contribution in [0.3, 0.4) is 0 Å². The van der Waals surface area contributed by atoms with Gasteiger partial charge < -0.3 is 10.6 Å². The van der Waals surface area contributed by atoms with E-state index in [4.69, 9.17) is 5.26 Å². The first kappa shape index (κ1) is 13.8. The maximum atomic E-state index is 11.8. The van der Waals surface area contributed by atoms with Crippen molar-refractivity contribution in [1.82, 2.24) is 5.32 Å². The number of nitro benzene ring substituents is 1. The molecule has 7 heteroatoms. The van der Waals surface area contributed by atoms with Gasteiger partial charge in [-0.2, -0.15) is 5.26 Å². The second-order valence-electron chi connectivity index (χ2n) is 4.75. The number of hydrogen-bond acceptors (Lipinski definition) is 5. The first-order chi connectivity index (χ1) is 9.51. The molecule has 104 valence electrons. The van der Waals surface area contributed by atoms with E-state index >= 15 is 0 Å². The number of rotatable bonds is 5. The molecule has 1 unspecified atom stereocenters. The number of benzene rings is 1. The number of amides is 1. The van der Waals surface area contributed by atoms with E-state index in [9.17, 15) is 14.9 Å². The molecule has 0 saturated heterocycles. The smallest absolute Gasteiger partial charge is 0.289 e. The molecule has 0 radical (unpaired) electrons. The number of nitrogens with zero attached hydrogens (tertiary/aromatic N) is 2. The van der Waals surface area contributed by atoms with Gasteiger partial charge in [0.2, 0.25) is 5.91 Å². The van der Waals surface area contributed by atoms with Crippen LogP contribution in [0.2, 0.25) is 0 Å².